The van der Waals surface area contributed by atoms with Crippen molar-refractivity contribution in [3.05, 3.63) is 42.0 Å². The van der Waals surface area contributed by atoms with E-state index >= 15 is 0 Å². The Balaban J connectivity index is 1.90. The van der Waals surface area contributed by atoms with Crippen molar-refractivity contribution in [2.75, 3.05) is 6.79 Å². The first-order valence-corrected chi connectivity index (χ1v) is 6.34. The molecule has 3 aromatic rings. The quantitative estimate of drug-likeness (QED) is 0.754. The predicted octanol–water partition coefficient (Wildman–Crippen LogP) is 2.66. The number of hydrogen-bond donors (Lipinski definition) is 2. The van der Waals surface area contributed by atoms with Gasteiger partial charge in [0.05, 0.1) is 11.1 Å². The smallest absolute Gasteiger partial charge is 0.335 e. The van der Waals surface area contributed by atoms with E-state index in [1.807, 2.05) is 18.2 Å². The fourth-order valence-corrected chi connectivity index (χ4v) is 2.41. The van der Waals surface area contributed by atoms with Crippen LogP contribution in [0.4, 0.5) is 0 Å². The maximum Gasteiger partial charge on any atom is 0.335 e. The highest BCUT2D eigenvalue weighted by Crippen LogP contribution is 2.37. The lowest BCUT2D eigenvalue weighted by atomic mass is 10.1. The van der Waals surface area contributed by atoms with E-state index in [-0.39, 0.29) is 12.4 Å². The number of H-pyrrole nitrogens is 1. The lowest BCUT2D eigenvalue weighted by Crippen LogP contribution is -1.94. The maximum atomic E-state index is 11.1. The van der Waals surface area contributed by atoms with Crippen LogP contribution in [0.1, 0.15) is 10.4 Å². The molecule has 0 atom stereocenters. The number of aromatic amines is 1. The second-order valence-corrected chi connectivity index (χ2v) is 4.71. The number of nitrogens with zero attached hydrogens (tertiary/aromatic N) is 1. The molecule has 0 fully saturated rings. The number of nitrogens with one attached hydrogen (secondary N) is 1. The van der Waals surface area contributed by atoms with Crippen LogP contribution in [0.3, 0.4) is 0 Å². The summed E-state index contributed by atoms with van der Waals surface area (Å²) in [7, 11) is 0. The van der Waals surface area contributed by atoms with Crippen molar-refractivity contribution in [1.29, 1.82) is 0 Å². The van der Waals surface area contributed by atoms with Crippen LogP contribution in [0, 0.1) is 0 Å². The second kappa shape index (κ2) is 4.24. The van der Waals surface area contributed by atoms with Gasteiger partial charge in [0.1, 0.15) is 5.69 Å². The molecule has 0 saturated carbocycles. The summed E-state index contributed by atoms with van der Waals surface area (Å²) >= 11 is 0. The topological polar surface area (TPSA) is 84.4 Å². The molecule has 0 unspecified atom stereocenters. The number of carbonyl (C=O) groups is 1. The average molecular weight is 282 g/mol. The zero-order valence-corrected chi connectivity index (χ0v) is 10.8. The Kier molecular flexibility index (Phi) is 2.38. The molecule has 0 saturated heterocycles. The number of hydrogen-bond acceptors (Lipinski definition) is 4. The third-order valence-corrected chi connectivity index (χ3v) is 3.46. The van der Waals surface area contributed by atoms with Gasteiger partial charge in [-0.15, -0.1) is 0 Å². The van der Waals surface area contributed by atoms with Crippen molar-refractivity contribution in [1.82, 2.24) is 10.2 Å². The van der Waals surface area contributed by atoms with Gasteiger partial charge < -0.3 is 14.6 Å². The van der Waals surface area contributed by atoms with Gasteiger partial charge in [-0.3, -0.25) is 5.10 Å². The van der Waals surface area contributed by atoms with Crippen molar-refractivity contribution >= 4 is 16.9 Å². The first-order valence-electron chi connectivity index (χ1n) is 6.34. The summed E-state index contributed by atoms with van der Waals surface area (Å²) in [6, 6.07) is 10.4. The number of ether oxygens (including phenoxy) is 2. The van der Waals surface area contributed by atoms with Gasteiger partial charge in [-0.2, -0.15) is 5.10 Å². The van der Waals surface area contributed by atoms with Crippen LogP contribution in [0.2, 0.25) is 0 Å². The molecule has 0 aliphatic carbocycles. The number of carboxylic acid groups (broad SMARTS) is 1. The molecule has 0 bridgehead atoms. The van der Waals surface area contributed by atoms with Crippen molar-refractivity contribution in [2.45, 2.75) is 0 Å². The Hall–Kier alpha value is -3.02. The van der Waals surface area contributed by atoms with E-state index in [1.54, 1.807) is 18.2 Å². The number of carboxylic acids is 1. The summed E-state index contributed by atoms with van der Waals surface area (Å²) in [5.41, 5.74) is 2.54. The van der Waals surface area contributed by atoms with Gasteiger partial charge in [-0.05, 0) is 36.4 Å². The number of aromatic carboxylic acids is 1. The number of aromatic nitrogens is 2. The molecule has 21 heavy (non-hydrogen) atoms. The van der Waals surface area contributed by atoms with Crippen LogP contribution in [0.5, 0.6) is 11.5 Å². The minimum absolute atomic E-state index is 0.212. The molecule has 4 rings (SSSR count). The minimum atomic E-state index is -0.963. The number of rotatable bonds is 2. The van der Waals surface area contributed by atoms with Gasteiger partial charge in [0.15, 0.2) is 11.5 Å². The van der Waals surface area contributed by atoms with Crippen LogP contribution >= 0.6 is 0 Å². The SMILES string of the molecule is O=C(O)c1ccc2[nH]nc(-c3ccc4c(c3)OCO4)c2c1. The minimum Gasteiger partial charge on any atom is -0.478 e. The highest BCUT2D eigenvalue weighted by atomic mass is 16.7. The Morgan fingerprint density at radius 1 is 1.14 bits per heavy atom. The van der Waals surface area contributed by atoms with Crippen LogP contribution in [-0.2, 0) is 0 Å². The van der Waals surface area contributed by atoms with Gasteiger partial charge in [0, 0.05) is 10.9 Å². The molecule has 1 aliphatic rings. The van der Waals surface area contributed by atoms with E-state index < -0.39 is 5.97 Å². The average Bonchev–Trinajstić information content (AvgIpc) is 3.12. The molecule has 1 aliphatic heterocycles. The standard InChI is InChI=1S/C15H10N2O4/c18-15(19)9-1-3-11-10(5-9)14(17-16-11)8-2-4-12-13(6-8)21-7-20-12/h1-6H,7H2,(H,16,17)(H,18,19). The summed E-state index contributed by atoms with van der Waals surface area (Å²) in [5, 5.41) is 17.0. The molecule has 104 valence electrons. The van der Waals surface area contributed by atoms with Crippen molar-refractivity contribution in [3.8, 4) is 22.8 Å². The molecular formula is C15H10N2O4. The van der Waals surface area contributed by atoms with Crippen LogP contribution in [0.15, 0.2) is 36.4 Å². The summed E-state index contributed by atoms with van der Waals surface area (Å²) in [6.45, 7) is 0.212. The molecular weight excluding hydrogens is 272 g/mol. The number of benzene rings is 2. The first kappa shape index (κ1) is 11.8. The molecule has 6 nitrogen and oxygen atoms in total. The summed E-state index contributed by atoms with van der Waals surface area (Å²) < 4.78 is 10.6. The normalized spacial score (nSPS) is 12.8. The highest BCUT2D eigenvalue weighted by Gasteiger charge is 2.17. The van der Waals surface area contributed by atoms with Crippen molar-refractivity contribution in [2.24, 2.45) is 0 Å². The van der Waals surface area contributed by atoms with E-state index in [2.05, 4.69) is 10.2 Å². The molecule has 0 radical (unpaired) electrons. The van der Waals surface area contributed by atoms with Gasteiger partial charge in [0.25, 0.3) is 0 Å². The van der Waals surface area contributed by atoms with Crippen LogP contribution in [-0.4, -0.2) is 28.1 Å². The zero-order valence-electron chi connectivity index (χ0n) is 10.8. The third-order valence-electron chi connectivity index (χ3n) is 3.46. The van der Waals surface area contributed by atoms with Gasteiger partial charge >= 0.3 is 5.97 Å². The predicted molar refractivity (Wildman–Crippen MR) is 74.6 cm³/mol. The van der Waals surface area contributed by atoms with E-state index in [0.29, 0.717) is 17.2 Å². The maximum absolute atomic E-state index is 11.1. The van der Waals surface area contributed by atoms with Gasteiger partial charge in [-0.1, -0.05) is 0 Å². The fourth-order valence-electron chi connectivity index (χ4n) is 2.41. The lowest BCUT2D eigenvalue weighted by molar-refractivity contribution is 0.0697. The van der Waals surface area contributed by atoms with Crippen molar-refractivity contribution < 1.29 is 19.4 Å². The largest absolute Gasteiger partial charge is 0.478 e. The van der Waals surface area contributed by atoms with E-state index in [4.69, 9.17) is 14.6 Å². The summed E-state index contributed by atoms with van der Waals surface area (Å²) in [4.78, 5) is 11.1. The Morgan fingerprint density at radius 3 is 2.86 bits per heavy atom. The summed E-state index contributed by atoms with van der Waals surface area (Å²) in [6.07, 6.45) is 0. The molecule has 0 amide bonds. The molecule has 0 spiro atoms. The van der Waals surface area contributed by atoms with Gasteiger partial charge in [0.2, 0.25) is 6.79 Å². The zero-order chi connectivity index (χ0) is 14.4. The van der Waals surface area contributed by atoms with Gasteiger partial charge in [-0.25, -0.2) is 4.79 Å². The van der Waals surface area contributed by atoms with Crippen LogP contribution < -0.4 is 9.47 Å². The van der Waals surface area contributed by atoms with E-state index in [1.165, 1.54) is 0 Å². The van der Waals surface area contributed by atoms with E-state index in [9.17, 15) is 4.79 Å². The summed E-state index contributed by atoms with van der Waals surface area (Å²) in [5.74, 6) is 0.401. The Labute approximate surface area is 118 Å². The molecule has 6 heteroatoms. The van der Waals surface area contributed by atoms with Crippen molar-refractivity contribution in [3.63, 3.8) is 0 Å². The second-order valence-electron chi connectivity index (χ2n) is 4.71. The van der Waals surface area contributed by atoms with E-state index in [0.717, 1.165) is 16.5 Å². The fraction of sp³-hybridized carbons (Fsp3) is 0.0667. The lowest BCUT2D eigenvalue weighted by Gasteiger charge is -2.01. The monoisotopic (exact) mass is 282 g/mol. The van der Waals surface area contributed by atoms with Crippen LogP contribution in [0.25, 0.3) is 22.2 Å². The molecule has 2 heterocycles. The third kappa shape index (κ3) is 1.80. The highest BCUT2D eigenvalue weighted by molar-refractivity contribution is 5.99. The Morgan fingerprint density at radius 2 is 2.00 bits per heavy atom. The molecule has 1 aromatic heterocycles. The first-order chi connectivity index (χ1) is 10.2. The number of fused-ring (bicyclic) bond motifs is 2. The molecule has 2 aromatic carbocycles. The molecule has 2 N–H and O–H groups in total. The Bertz CT molecular complexity index is 869.